The van der Waals surface area contributed by atoms with Crippen LogP contribution in [0.5, 0.6) is 0 Å². The van der Waals surface area contributed by atoms with Gasteiger partial charge in [-0.3, -0.25) is 0 Å². The van der Waals surface area contributed by atoms with E-state index in [4.69, 9.17) is 0 Å². The van der Waals surface area contributed by atoms with E-state index >= 15 is 0 Å². The van der Waals surface area contributed by atoms with Gasteiger partial charge in [0.05, 0.1) is 5.60 Å². The number of anilines is 2. The Hall–Kier alpha value is -1.36. The topological polar surface area (TPSA) is 70.1 Å². The standard InChI is InChI=1S/C16H28N4O/c1-4-13-14(17-5-2)19-11-20-15(13)18-10-16(21)8-6-7-12(3)9-16/h11-12,21H,4-10H2,1-3H3,(H2,17,18,19,20). The molecule has 2 rings (SSSR count). The number of aliphatic hydroxyl groups is 1. The molecular weight excluding hydrogens is 264 g/mol. The largest absolute Gasteiger partial charge is 0.388 e. The van der Waals surface area contributed by atoms with Crippen molar-refractivity contribution in [1.29, 1.82) is 0 Å². The summed E-state index contributed by atoms with van der Waals surface area (Å²) in [7, 11) is 0. The van der Waals surface area contributed by atoms with Gasteiger partial charge in [0, 0.05) is 18.7 Å². The Bertz CT molecular complexity index is 466. The van der Waals surface area contributed by atoms with Crippen LogP contribution in [-0.2, 0) is 6.42 Å². The first-order valence-corrected chi connectivity index (χ1v) is 8.12. The highest BCUT2D eigenvalue weighted by Crippen LogP contribution is 2.32. The lowest BCUT2D eigenvalue weighted by Gasteiger charge is -2.36. The summed E-state index contributed by atoms with van der Waals surface area (Å²) >= 11 is 0. The summed E-state index contributed by atoms with van der Waals surface area (Å²) in [6, 6.07) is 0. The molecule has 1 aliphatic rings. The molecule has 0 aromatic carbocycles. The zero-order valence-corrected chi connectivity index (χ0v) is 13.4. The van der Waals surface area contributed by atoms with Gasteiger partial charge in [-0.25, -0.2) is 9.97 Å². The number of hydrogen-bond donors (Lipinski definition) is 3. The lowest BCUT2D eigenvalue weighted by molar-refractivity contribution is -0.000839. The smallest absolute Gasteiger partial charge is 0.134 e. The van der Waals surface area contributed by atoms with Crippen LogP contribution in [0.25, 0.3) is 0 Å². The summed E-state index contributed by atoms with van der Waals surface area (Å²) in [6.07, 6.45) is 6.50. The van der Waals surface area contributed by atoms with Crippen LogP contribution in [0.1, 0.15) is 52.0 Å². The van der Waals surface area contributed by atoms with Crippen molar-refractivity contribution in [1.82, 2.24) is 9.97 Å². The molecule has 1 aromatic rings. The van der Waals surface area contributed by atoms with E-state index in [0.29, 0.717) is 12.5 Å². The second-order valence-corrected chi connectivity index (χ2v) is 6.21. The number of aromatic nitrogens is 2. The molecule has 118 valence electrons. The summed E-state index contributed by atoms with van der Waals surface area (Å²) < 4.78 is 0. The molecule has 1 saturated carbocycles. The van der Waals surface area contributed by atoms with Gasteiger partial charge in [0.15, 0.2) is 0 Å². The minimum atomic E-state index is -0.605. The average molecular weight is 292 g/mol. The lowest BCUT2D eigenvalue weighted by atomic mass is 9.79. The first-order chi connectivity index (χ1) is 10.1. The molecule has 3 N–H and O–H groups in total. The first kappa shape index (κ1) is 16.0. The third-order valence-electron chi connectivity index (χ3n) is 4.30. The maximum atomic E-state index is 10.7. The number of nitrogens with one attached hydrogen (secondary N) is 2. The molecule has 1 aliphatic carbocycles. The summed E-state index contributed by atoms with van der Waals surface area (Å²) in [5.74, 6) is 2.33. The van der Waals surface area contributed by atoms with E-state index in [0.717, 1.165) is 49.4 Å². The van der Waals surface area contributed by atoms with E-state index in [1.54, 1.807) is 6.33 Å². The molecule has 1 fully saturated rings. The zero-order valence-electron chi connectivity index (χ0n) is 13.4. The molecule has 21 heavy (non-hydrogen) atoms. The van der Waals surface area contributed by atoms with Crippen molar-refractivity contribution in [3.8, 4) is 0 Å². The molecule has 1 aromatic heterocycles. The Balaban J connectivity index is 2.07. The van der Waals surface area contributed by atoms with Crippen molar-refractivity contribution in [3.63, 3.8) is 0 Å². The second-order valence-electron chi connectivity index (χ2n) is 6.21. The molecule has 0 aliphatic heterocycles. The lowest BCUT2D eigenvalue weighted by Crippen LogP contribution is -2.41. The molecule has 5 heteroatoms. The summed E-state index contributed by atoms with van der Waals surface area (Å²) in [5.41, 5.74) is 0.484. The molecule has 5 nitrogen and oxygen atoms in total. The van der Waals surface area contributed by atoms with Crippen molar-refractivity contribution in [2.24, 2.45) is 5.92 Å². The van der Waals surface area contributed by atoms with E-state index in [1.165, 1.54) is 6.42 Å². The predicted octanol–water partition coefficient (Wildman–Crippen LogP) is 2.82. The summed E-state index contributed by atoms with van der Waals surface area (Å²) in [4.78, 5) is 8.65. The van der Waals surface area contributed by atoms with Crippen LogP contribution in [0.4, 0.5) is 11.6 Å². The van der Waals surface area contributed by atoms with Crippen molar-refractivity contribution in [2.75, 3.05) is 23.7 Å². The maximum absolute atomic E-state index is 10.7. The molecule has 0 amide bonds. The highest BCUT2D eigenvalue weighted by molar-refractivity contribution is 5.57. The van der Waals surface area contributed by atoms with E-state index in [2.05, 4.69) is 41.4 Å². The predicted molar refractivity (Wildman–Crippen MR) is 86.6 cm³/mol. The second kappa shape index (κ2) is 7.07. The molecule has 2 atom stereocenters. The van der Waals surface area contributed by atoms with Crippen LogP contribution in [0, 0.1) is 5.92 Å². The minimum Gasteiger partial charge on any atom is -0.388 e. The van der Waals surface area contributed by atoms with Crippen molar-refractivity contribution >= 4 is 11.6 Å². The molecule has 2 unspecified atom stereocenters. The maximum Gasteiger partial charge on any atom is 0.134 e. The summed E-state index contributed by atoms with van der Waals surface area (Å²) in [6.45, 7) is 7.77. The number of nitrogens with zero attached hydrogens (tertiary/aromatic N) is 2. The van der Waals surface area contributed by atoms with Gasteiger partial charge < -0.3 is 15.7 Å². The molecule has 1 heterocycles. The fourth-order valence-corrected chi connectivity index (χ4v) is 3.26. The van der Waals surface area contributed by atoms with Crippen molar-refractivity contribution in [2.45, 2.75) is 58.5 Å². The van der Waals surface area contributed by atoms with Gasteiger partial charge in [0.2, 0.25) is 0 Å². The quantitative estimate of drug-likeness (QED) is 0.752. The van der Waals surface area contributed by atoms with E-state index in [9.17, 15) is 5.11 Å². The van der Waals surface area contributed by atoms with Gasteiger partial charge in [-0.2, -0.15) is 0 Å². The van der Waals surface area contributed by atoms with Gasteiger partial charge in [-0.1, -0.05) is 26.7 Å². The van der Waals surface area contributed by atoms with E-state index in [1.807, 2.05) is 0 Å². The van der Waals surface area contributed by atoms with Gasteiger partial charge >= 0.3 is 0 Å². The van der Waals surface area contributed by atoms with Crippen molar-refractivity contribution in [3.05, 3.63) is 11.9 Å². The van der Waals surface area contributed by atoms with Gasteiger partial charge in [-0.15, -0.1) is 0 Å². The summed E-state index contributed by atoms with van der Waals surface area (Å²) in [5, 5.41) is 17.3. The Morgan fingerprint density at radius 3 is 2.62 bits per heavy atom. The Morgan fingerprint density at radius 1 is 1.29 bits per heavy atom. The van der Waals surface area contributed by atoms with Crippen LogP contribution in [0.15, 0.2) is 6.33 Å². The Labute approximate surface area is 127 Å². The molecule has 0 saturated heterocycles. The SMILES string of the molecule is CCNc1ncnc(NCC2(O)CCCC(C)C2)c1CC. The van der Waals surface area contributed by atoms with Crippen LogP contribution < -0.4 is 10.6 Å². The minimum absolute atomic E-state index is 0.562. The first-order valence-electron chi connectivity index (χ1n) is 8.12. The average Bonchev–Trinajstić information content (AvgIpc) is 2.45. The third kappa shape index (κ3) is 4.06. The van der Waals surface area contributed by atoms with E-state index in [-0.39, 0.29) is 0 Å². The molecule has 0 spiro atoms. The Kier molecular flexibility index (Phi) is 5.39. The van der Waals surface area contributed by atoms with Crippen molar-refractivity contribution < 1.29 is 5.11 Å². The molecule has 0 bridgehead atoms. The fourth-order valence-electron chi connectivity index (χ4n) is 3.26. The monoisotopic (exact) mass is 292 g/mol. The normalized spacial score (nSPS) is 25.6. The van der Waals surface area contributed by atoms with Gasteiger partial charge in [-0.05, 0) is 32.1 Å². The highest BCUT2D eigenvalue weighted by Gasteiger charge is 2.32. The zero-order chi connectivity index (χ0) is 15.3. The molecular formula is C16H28N4O. The van der Waals surface area contributed by atoms with E-state index < -0.39 is 5.60 Å². The molecule has 0 radical (unpaired) electrons. The van der Waals surface area contributed by atoms with Crippen LogP contribution in [0.3, 0.4) is 0 Å². The number of rotatable bonds is 6. The third-order valence-corrected chi connectivity index (χ3v) is 4.30. The van der Waals surface area contributed by atoms with Crippen LogP contribution in [-0.4, -0.2) is 33.8 Å². The Morgan fingerprint density at radius 2 is 2.00 bits per heavy atom. The van der Waals surface area contributed by atoms with Gasteiger partial charge in [0.1, 0.15) is 18.0 Å². The van der Waals surface area contributed by atoms with Crippen LogP contribution >= 0.6 is 0 Å². The van der Waals surface area contributed by atoms with Crippen LogP contribution in [0.2, 0.25) is 0 Å². The highest BCUT2D eigenvalue weighted by atomic mass is 16.3. The van der Waals surface area contributed by atoms with Gasteiger partial charge in [0.25, 0.3) is 0 Å². The number of hydrogen-bond acceptors (Lipinski definition) is 5. The fraction of sp³-hybridized carbons (Fsp3) is 0.750.